The van der Waals surface area contributed by atoms with Crippen molar-refractivity contribution in [1.82, 2.24) is 5.32 Å². The van der Waals surface area contributed by atoms with Crippen LogP contribution in [0.25, 0.3) is 0 Å². The molecule has 3 heteroatoms. The highest BCUT2D eigenvalue weighted by Crippen LogP contribution is 2.02. The van der Waals surface area contributed by atoms with E-state index < -0.39 is 6.04 Å². The molecule has 1 N–H and O–H groups in total. The summed E-state index contributed by atoms with van der Waals surface area (Å²) in [7, 11) is 0. The molecule has 0 saturated heterocycles. The van der Waals surface area contributed by atoms with E-state index in [1.165, 1.54) is 0 Å². The van der Waals surface area contributed by atoms with Crippen LogP contribution in [0.1, 0.15) is 24.2 Å². The molecule has 80 valence electrons. The lowest BCUT2D eigenvalue weighted by atomic mass is 10.1. The van der Waals surface area contributed by atoms with Crippen LogP contribution < -0.4 is 5.32 Å². The number of aldehydes is 1. The molecule has 3 nitrogen and oxygen atoms in total. The SMILES string of the molecule is CC(C)[C@@H](C=O)NC(=O)c1ccccc1. The van der Waals surface area contributed by atoms with E-state index in [4.69, 9.17) is 0 Å². The van der Waals surface area contributed by atoms with Crippen molar-refractivity contribution in [2.24, 2.45) is 5.92 Å². The van der Waals surface area contributed by atoms with Crippen molar-refractivity contribution < 1.29 is 9.59 Å². The molecule has 0 aliphatic carbocycles. The fourth-order valence-corrected chi connectivity index (χ4v) is 1.18. The highest BCUT2D eigenvalue weighted by Gasteiger charge is 2.15. The lowest BCUT2D eigenvalue weighted by molar-refractivity contribution is -0.110. The van der Waals surface area contributed by atoms with Crippen molar-refractivity contribution in [1.29, 1.82) is 0 Å². The van der Waals surface area contributed by atoms with E-state index >= 15 is 0 Å². The van der Waals surface area contributed by atoms with Gasteiger partial charge in [0.2, 0.25) is 0 Å². The van der Waals surface area contributed by atoms with Gasteiger partial charge >= 0.3 is 0 Å². The predicted octanol–water partition coefficient (Wildman–Crippen LogP) is 1.64. The Bertz CT molecular complexity index is 333. The molecule has 15 heavy (non-hydrogen) atoms. The van der Waals surface area contributed by atoms with Crippen molar-refractivity contribution in [3.05, 3.63) is 35.9 Å². The highest BCUT2D eigenvalue weighted by atomic mass is 16.2. The van der Waals surface area contributed by atoms with Gasteiger partial charge in [-0.05, 0) is 18.1 Å². The van der Waals surface area contributed by atoms with Crippen LogP contribution in [0, 0.1) is 5.92 Å². The number of nitrogens with one attached hydrogen (secondary N) is 1. The number of hydrogen-bond donors (Lipinski definition) is 1. The van der Waals surface area contributed by atoms with E-state index in [-0.39, 0.29) is 11.8 Å². The van der Waals surface area contributed by atoms with Crippen LogP contribution in [-0.4, -0.2) is 18.2 Å². The average Bonchev–Trinajstić information content (AvgIpc) is 2.26. The minimum Gasteiger partial charge on any atom is -0.342 e. The van der Waals surface area contributed by atoms with Crippen LogP contribution in [0.5, 0.6) is 0 Å². The van der Waals surface area contributed by atoms with Crippen molar-refractivity contribution in [2.45, 2.75) is 19.9 Å². The Balaban J connectivity index is 2.67. The minimum atomic E-state index is -0.419. The molecule has 1 rings (SSSR count). The van der Waals surface area contributed by atoms with Crippen molar-refractivity contribution >= 4 is 12.2 Å². The van der Waals surface area contributed by atoms with E-state index in [2.05, 4.69) is 5.32 Å². The van der Waals surface area contributed by atoms with E-state index in [0.717, 1.165) is 6.29 Å². The second-order valence-corrected chi connectivity index (χ2v) is 3.75. The second-order valence-electron chi connectivity index (χ2n) is 3.75. The molecular formula is C12H15NO2. The van der Waals surface area contributed by atoms with Gasteiger partial charge in [-0.3, -0.25) is 4.79 Å². The number of benzene rings is 1. The van der Waals surface area contributed by atoms with Gasteiger partial charge in [0, 0.05) is 5.56 Å². The molecule has 0 saturated carbocycles. The van der Waals surface area contributed by atoms with Gasteiger partial charge in [0.25, 0.3) is 5.91 Å². The third-order valence-electron chi connectivity index (χ3n) is 2.20. The number of carbonyl (C=O) groups excluding carboxylic acids is 2. The Hall–Kier alpha value is -1.64. The minimum absolute atomic E-state index is 0.107. The van der Waals surface area contributed by atoms with Crippen LogP contribution >= 0.6 is 0 Å². The largest absolute Gasteiger partial charge is 0.342 e. The zero-order valence-corrected chi connectivity index (χ0v) is 8.94. The first-order valence-corrected chi connectivity index (χ1v) is 4.96. The maximum Gasteiger partial charge on any atom is 0.251 e. The van der Waals surface area contributed by atoms with Gasteiger partial charge in [0.15, 0.2) is 0 Å². The molecule has 0 aromatic heterocycles. The van der Waals surface area contributed by atoms with Crippen molar-refractivity contribution in [3.63, 3.8) is 0 Å². The van der Waals surface area contributed by atoms with Gasteiger partial charge in [-0.25, -0.2) is 0 Å². The first-order valence-electron chi connectivity index (χ1n) is 4.96. The summed E-state index contributed by atoms with van der Waals surface area (Å²) in [5, 5.41) is 2.68. The first kappa shape index (κ1) is 11.4. The molecule has 0 spiro atoms. The molecule has 0 unspecified atom stereocenters. The number of amides is 1. The Morgan fingerprint density at radius 1 is 1.27 bits per heavy atom. The molecule has 0 bridgehead atoms. The lowest BCUT2D eigenvalue weighted by Crippen LogP contribution is -2.39. The van der Waals surface area contributed by atoms with Crippen molar-refractivity contribution in [2.75, 3.05) is 0 Å². The standard InChI is InChI=1S/C12H15NO2/c1-9(2)11(8-14)13-12(15)10-6-4-3-5-7-10/h3-9,11H,1-2H3,(H,13,15)/t11-/m1/s1. The van der Waals surface area contributed by atoms with Crippen LogP contribution in [-0.2, 0) is 4.79 Å². The summed E-state index contributed by atoms with van der Waals surface area (Å²) in [6.45, 7) is 3.79. The fraction of sp³-hybridized carbons (Fsp3) is 0.333. The predicted molar refractivity (Wildman–Crippen MR) is 58.6 cm³/mol. The molecule has 0 heterocycles. The summed E-state index contributed by atoms with van der Waals surface area (Å²) >= 11 is 0. The maximum atomic E-state index is 11.6. The third-order valence-corrected chi connectivity index (χ3v) is 2.20. The topological polar surface area (TPSA) is 46.2 Å². The molecule has 0 aliphatic rings. The molecular weight excluding hydrogens is 190 g/mol. The van der Waals surface area contributed by atoms with Crippen molar-refractivity contribution in [3.8, 4) is 0 Å². The summed E-state index contributed by atoms with van der Waals surface area (Å²) < 4.78 is 0. The Labute approximate surface area is 89.5 Å². The number of hydrogen-bond acceptors (Lipinski definition) is 2. The van der Waals surface area contributed by atoms with Gasteiger partial charge in [-0.15, -0.1) is 0 Å². The number of carbonyl (C=O) groups is 2. The molecule has 0 radical (unpaired) electrons. The van der Waals surface area contributed by atoms with Gasteiger partial charge in [-0.2, -0.15) is 0 Å². The van der Waals surface area contributed by atoms with Gasteiger partial charge in [-0.1, -0.05) is 32.0 Å². The van der Waals surface area contributed by atoms with E-state index in [0.29, 0.717) is 5.56 Å². The summed E-state index contributed by atoms with van der Waals surface area (Å²) in [5.74, 6) is -0.100. The normalized spacial score (nSPS) is 12.2. The van der Waals surface area contributed by atoms with E-state index in [1.54, 1.807) is 24.3 Å². The lowest BCUT2D eigenvalue weighted by Gasteiger charge is -2.15. The van der Waals surface area contributed by atoms with Gasteiger partial charge < -0.3 is 10.1 Å². The van der Waals surface area contributed by atoms with E-state index in [9.17, 15) is 9.59 Å². The molecule has 0 aliphatic heterocycles. The highest BCUT2D eigenvalue weighted by molar-refractivity contribution is 5.95. The van der Waals surface area contributed by atoms with Crippen LogP contribution in [0.3, 0.4) is 0 Å². The maximum absolute atomic E-state index is 11.6. The summed E-state index contributed by atoms with van der Waals surface area (Å²) in [6.07, 6.45) is 0.769. The Morgan fingerprint density at radius 3 is 2.33 bits per heavy atom. The first-order chi connectivity index (χ1) is 7.15. The summed E-state index contributed by atoms with van der Waals surface area (Å²) in [5.41, 5.74) is 0.574. The van der Waals surface area contributed by atoms with Crippen LogP contribution in [0.15, 0.2) is 30.3 Å². The Kier molecular flexibility index (Phi) is 4.03. The second kappa shape index (κ2) is 5.29. The van der Waals surface area contributed by atoms with Gasteiger partial charge in [0.05, 0.1) is 6.04 Å². The van der Waals surface area contributed by atoms with Crippen LogP contribution in [0.2, 0.25) is 0 Å². The zero-order valence-electron chi connectivity index (χ0n) is 8.94. The molecule has 1 amide bonds. The zero-order chi connectivity index (χ0) is 11.3. The summed E-state index contributed by atoms with van der Waals surface area (Å²) in [4.78, 5) is 22.3. The molecule has 1 atom stereocenters. The fourth-order valence-electron chi connectivity index (χ4n) is 1.18. The number of rotatable bonds is 4. The smallest absolute Gasteiger partial charge is 0.251 e. The Morgan fingerprint density at radius 2 is 1.87 bits per heavy atom. The quantitative estimate of drug-likeness (QED) is 0.759. The molecule has 0 fully saturated rings. The average molecular weight is 205 g/mol. The third kappa shape index (κ3) is 3.20. The molecule has 1 aromatic carbocycles. The molecule has 1 aromatic rings. The van der Waals surface area contributed by atoms with Gasteiger partial charge in [0.1, 0.15) is 6.29 Å². The monoisotopic (exact) mass is 205 g/mol. The van der Waals surface area contributed by atoms with Crippen LogP contribution in [0.4, 0.5) is 0 Å². The van der Waals surface area contributed by atoms with E-state index in [1.807, 2.05) is 19.9 Å². The summed E-state index contributed by atoms with van der Waals surface area (Å²) in [6, 6.07) is 8.45.